The maximum Gasteiger partial charge on any atom is 0.524 e. The molecule has 4 aliphatic heterocycles. The van der Waals surface area contributed by atoms with Crippen molar-refractivity contribution < 1.29 is 173 Å². The molecule has 0 aliphatic carbocycles. The zero-order chi connectivity index (χ0) is 54.4. The Balaban J connectivity index is 1.28. The number of carboxylic acids is 2. The van der Waals surface area contributed by atoms with Crippen molar-refractivity contribution in [1.29, 1.82) is 0 Å². The molecule has 0 amide bonds. The number of aliphatic hydroxyl groups is 16. The standard InChI is InChI=1S/C37H54O35/c38-5-11-21(48)27(54)36(9-40,69-11)71-29-25(52)23(50)19(46)13(65-29)7-63-15(42)1-34(61,31(56)57)3-17(44)67-33(60)68-18(45)4-35(62,32(58)59)2-16(43)64-8-14-20(47)24(51)26(53)30(66-14)72-37(10-41)28(55)22(49)12(6-39)70-37/h11-14,19-30,38-41,46-55,61-62H,1-10H2,(H,56,57)(H,58,59)/t11-,12-,13-,14-,19-,20-,21-,22-,23+,24+,25-,26-,27+,28+,29-,30-,34?,35?,36+,37+/m1/s1. The molecule has 412 valence electrons. The Kier molecular flexibility index (Phi) is 20.3. The van der Waals surface area contributed by atoms with Crippen LogP contribution in [0.4, 0.5) is 4.79 Å². The van der Waals surface area contributed by atoms with Crippen LogP contribution in [-0.2, 0) is 76.1 Å². The molecule has 4 saturated heterocycles. The molecular weight excluding hydrogens is 1000 g/mol. The predicted octanol–water partition coefficient (Wildman–Crippen LogP) is -12.3. The average molecular weight is 1060 g/mol. The van der Waals surface area contributed by atoms with Crippen molar-refractivity contribution in [3.63, 3.8) is 0 Å². The zero-order valence-corrected chi connectivity index (χ0v) is 36.8. The molecule has 4 heterocycles. The Labute approximate surface area is 400 Å². The summed E-state index contributed by atoms with van der Waals surface area (Å²) in [7, 11) is 0. The largest absolute Gasteiger partial charge is 0.524 e. The van der Waals surface area contributed by atoms with Crippen LogP contribution >= 0.6 is 0 Å². The number of carbonyl (C=O) groups is 7. The molecule has 0 aromatic carbocycles. The maximum atomic E-state index is 12.6. The smallest absolute Gasteiger partial charge is 0.479 e. The first kappa shape index (κ1) is 60.2. The summed E-state index contributed by atoms with van der Waals surface area (Å²) in [6.45, 7) is -6.61. The first-order chi connectivity index (χ1) is 33.5. The highest BCUT2D eigenvalue weighted by atomic mass is 16.8. The van der Waals surface area contributed by atoms with Gasteiger partial charge in [-0.3, -0.25) is 19.2 Å². The quantitative estimate of drug-likeness (QED) is 0.0272. The number of hydrogen-bond acceptors (Lipinski definition) is 33. The summed E-state index contributed by atoms with van der Waals surface area (Å²) in [6, 6.07) is 0. The molecule has 2 unspecified atom stereocenters. The minimum absolute atomic E-state index is 0.898. The van der Waals surface area contributed by atoms with E-state index in [4.69, 9.17) is 37.9 Å². The normalized spacial score (nSPS) is 38.4. The summed E-state index contributed by atoms with van der Waals surface area (Å²) < 4.78 is 49.1. The van der Waals surface area contributed by atoms with Crippen LogP contribution in [0.1, 0.15) is 25.7 Å². The summed E-state index contributed by atoms with van der Waals surface area (Å²) in [5.74, 6) is -17.4. The molecule has 0 bridgehead atoms. The lowest BCUT2D eigenvalue weighted by Gasteiger charge is -2.43. The van der Waals surface area contributed by atoms with Gasteiger partial charge < -0.3 is 139 Å². The molecule has 4 aliphatic rings. The van der Waals surface area contributed by atoms with Gasteiger partial charge in [0.1, 0.15) is 112 Å². The van der Waals surface area contributed by atoms with Crippen molar-refractivity contribution in [1.82, 2.24) is 0 Å². The Bertz CT molecular complexity index is 1810. The fourth-order valence-electron chi connectivity index (χ4n) is 7.35. The number of ether oxygens (including phenoxy) is 10. The molecule has 35 heteroatoms. The molecular formula is C37H54O35. The van der Waals surface area contributed by atoms with E-state index in [9.17, 15) is 125 Å². The Morgan fingerprint density at radius 2 is 0.764 bits per heavy atom. The minimum atomic E-state index is -3.50. The number of carbonyl (C=O) groups excluding carboxylic acids is 5. The molecule has 0 saturated carbocycles. The molecule has 0 aromatic rings. The SMILES string of the molecule is O=C(CC(O)(CC(=O)OC(=O)OC(=O)CC(O)(CC(=O)OC[C@H]1O[C@H](O[C@]2(CO)O[C@H](CO)[C@@H](O)[C@@H]2O)[C@H](O)[C@@H](O)[C@@H]1O)C(=O)O)C(=O)O)OC[C@H]1O[C@H](O[C@]2(CO)O[C@H](CO)[C@@H](O)[C@@H]2O)[C@H](O)[C@@H](O)[C@@H]1O. The van der Waals surface area contributed by atoms with Gasteiger partial charge in [0, 0.05) is 0 Å². The number of aliphatic carboxylic acids is 2. The topological polar surface area (TPSA) is 576 Å². The molecule has 0 spiro atoms. The Hall–Kier alpha value is -4.39. The second-order valence-corrected chi connectivity index (χ2v) is 16.7. The summed E-state index contributed by atoms with van der Waals surface area (Å²) in [5, 5.41) is 182. The van der Waals surface area contributed by atoms with Gasteiger partial charge >= 0.3 is 42.0 Å². The van der Waals surface area contributed by atoms with E-state index in [1.807, 2.05) is 0 Å². The summed E-state index contributed by atoms with van der Waals surface area (Å²) >= 11 is 0. The summed E-state index contributed by atoms with van der Waals surface area (Å²) in [4.78, 5) is 86.2. The van der Waals surface area contributed by atoms with Crippen molar-refractivity contribution >= 4 is 42.0 Å². The fraction of sp³-hybridized carbons (Fsp3) is 0.811. The van der Waals surface area contributed by atoms with Crippen LogP contribution in [0.15, 0.2) is 0 Å². The summed E-state index contributed by atoms with van der Waals surface area (Å²) in [5.41, 5.74) is -7.01. The highest BCUT2D eigenvalue weighted by molar-refractivity contribution is 5.95. The van der Waals surface area contributed by atoms with Crippen molar-refractivity contribution in [2.75, 3.05) is 39.6 Å². The van der Waals surface area contributed by atoms with Crippen LogP contribution in [0.25, 0.3) is 0 Å². The van der Waals surface area contributed by atoms with Gasteiger partial charge in [0.25, 0.3) is 0 Å². The molecule has 0 aromatic heterocycles. The molecule has 20 atom stereocenters. The van der Waals surface area contributed by atoms with E-state index < -0.39 is 228 Å². The van der Waals surface area contributed by atoms with Crippen molar-refractivity contribution in [2.45, 2.75) is 146 Å². The molecule has 18 N–H and O–H groups in total. The lowest BCUT2D eigenvalue weighted by atomic mass is 9.95. The van der Waals surface area contributed by atoms with Gasteiger partial charge in [-0.25, -0.2) is 14.4 Å². The van der Waals surface area contributed by atoms with Crippen LogP contribution in [0.5, 0.6) is 0 Å². The second kappa shape index (κ2) is 24.3. The average Bonchev–Trinajstić information content (AvgIpc) is 3.70. The molecule has 4 fully saturated rings. The monoisotopic (exact) mass is 1060 g/mol. The van der Waals surface area contributed by atoms with E-state index in [0.717, 1.165) is 0 Å². The van der Waals surface area contributed by atoms with E-state index in [1.165, 1.54) is 0 Å². The lowest BCUT2D eigenvalue weighted by molar-refractivity contribution is -0.383. The van der Waals surface area contributed by atoms with Gasteiger partial charge in [-0.1, -0.05) is 0 Å². The van der Waals surface area contributed by atoms with Crippen LogP contribution in [-0.4, -0.2) is 294 Å². The van der Waals surface area contributed by atoms with Crippen LogP contribution in [0.2, 0.25) is 0 Å². The Morgan fingerprint density at radius 3 is 1.04 bits per heavy atom. The van der Waals surface area contributed by atoms with Crippen LogP contribution in [0, 0.1) is 0 Å². The predicted molar refractivity (Wildman–Crippen MR) is 206 cm³/mol. The van der Waals surface area contributed by atoms with Gasteiger partial charge in [0.2, 0.25) is 11.6 Å². The maximum absolute atomic E-state index is 12.6. The van der Waals surface area contributed by atoms with E-state index >= 15 is 0 Å². The van der Waals surface area contributed by atoms with Crippen molar-refractivity contribution in [3.8, 4) is 0 Å². The van der Waals surface area contributed by atoms with Gasteiger partial charge in [0.05, 0.1) is 38.9 Å². The van der Waals surface area contributed by atoms with Crippen LogP contribution < -0.4 is 0 Å². The molecule has 72 heavy (non-hydrogen) atoms. The van der Waals surface area contributed by atoms with Gasteiger partial charge in [-0.05, 0) is 0 Å². The van der Waals surface area contributed by atoms with Gasteiger partial charge in [0.15, 0.2) is 23.8 Å². The lowest BCUT2D eigenvalue weighted by Crippen LogP contribution is -2.63. The molecule has 4 rings (SSSR count). The number of aliphatic hydroxyl groups excluding tert-OH is 14. The van der Waals surface area contributed by atoms with E-state index in [2.05, 4.69) is 9.47 Å². The number of hydrogen-bond donors (Lipinski definition) is 18. The third kappa shape index (κ3) is 13.3. The number of carboxylic acid groups (broad SMARTS) is 2. The molecule has 0 radical (unpaired) electrons. The van der Waals surface area contributed by atoms with E-state index in [-0.39, 0.29) is 0 Å². The zero-order valence-electron chi connectivity index (χ0n) is 36.8. The number of esters is 4. The van der Waals surface area contributed by atoms with Crippen LogP contribution in [0.3, 0.4) is 0 Å². The Morgan fingerprint density at radius 1 is 0.444 bits per heavy atom. The van der Waals surface area contributed by atoms with Crippen molar-refractivity contribution in [2.24, 2.45) is 0 Å². The molecule has 35 nitrogen and oxygen atoms in total. The highest BCUT2D eigenvalue weighted by Crippen LogP contribution is 2.38. The third-order valence-electron chi connectivity index (χ3n) is 11.5. The first-order valence-corrected chi connectivity index (χ1v) is 20.9. The second-order valence-electron chi connectivity index (χ2n) is 16.7. The van der Waals surface area contributed by atoms with E-state index in [0.29, 0.717) is 0 Å². The van der Waals surface area contributed by atoms with Gasteiger partial charge in [-0.2, -0.15) is 0 Å². The fourth-order valence-corrected chi connectivity index (χ4v) is 7.35. The van der Waals surface area contributed by atoms with E-state index in [1.54, 1.807) is 0 Å². The minimum Gasteiger partial charge on any atom is -0.479 e. The van der Waals surface area contributed by atoms with Crippen molar-refractivity contribution in [3.05, 3.63) is 0 Å². The highest BCUT2D eigenvalue weighted by Gasteiger charge is 2.60. The summed E-state index contributed by atoms with van der Waals surface area (Å²) in [6.07, 6.45) is -41.4. The first-order valence-electron chi connectivity index (χ1n) is 20.9. The van der Waals surface area contributed by atoms with Gasteiger partial charge in [-0.15, -0.1) is 0 Å². The third-order valence-corrected chi connectivity index (χ3v) is 11.5. The number of rotatable bonds is 22.